The van der Waals surface area contributed by atoms with Crippen LogP contribution in [0.5, 0.6) is 0 Å². The third-order valence-electron chi connectivity index (χ3n) is 4.05. The van der Waals surface area contributed by atoms with E-state index in [0.29, 0.717) is 10.6 Å². The molecule has 1 unspecified atom stereocenters. The number of hydrogen-bond donors (Lipinski definition) is 3. The molecule has 13 heteroatoms. The largest absolute Gasteiger partial charge is 0.383 e. The number of fused-ring (bicyclic) bond motifs is 1. The molecule has 4 N–H and O–H groups in total. The zero-order chi connectivity index (χ0) is 21.2. The molecule has 2 aromatic rings. The Morgan fingerprint density at radius 1 is 1.31 bits per heavy atom. The summed E-state index contributed by atoms with van der Waals surface area (Å²) in [6.45, 7) is -0.858. The number of sulfonamides is 1. The normalized spacial score (nSPS) is 15.8. The zero-order valence-electron chi connectivity index (χ0n) is 14.8. The molecule has 1 aliphatic rings. The van der Waals surface area contributed by atoms with Crippen LogP contribution in [0.2, 0.25) is 0 Å². The Balaban J connectivity index is 1.83. The average molecular weight is 447 g/mol. The maximum atomic E-state index is 14.7. The summed E-state index contributed by atoms with van der Waals surface area (Å²) in [5.41, 5.74) is 4.72. The van der Waals surface area contributed by atoms with Crippen molar-refractivity contribution in [1.29, 1.82) is 0 Å². The minimum absolute atomic E-state index is 0.206. The van der Waals surface area contributed by atoms with Crippen molar-refractivity contribution in [2.24, 2.45) is 0 Å². The molecular formula is C16H16F3N5O3S2. The number of alkyl halides is 1. The molecule has 1 aliphatic heterocycles. The van der Waals surface area contributed by atoms with Gasteiger partial charge < -0.3 is 11.1 Å². The van der Waals surface area contributed by atoms with Gasteiger partial charge in [-0.3, -0.25) is 13.9 Å². The molecule has 0 spiro atoms. The first-order chi connectivity index (χ1) is 13.7. The van der Waals surface area contributed by atoms with Gasteiger partial charge in [0.1, 0.15) is 23.6 Å². The number of nitrogens with two attached hydrogens (primary N) is 1. The van der Waals surface area contributed by atoms with Crippen LogP contribution in [0, 0.1) is 11.6 Å². The number of anilines is 3. The quantitative estimate of drug-likeness (QED) is 0.594. The lowest BCUT2D eigenvalue weighted by molar-refractivity contribution is -0.117. The third-order valence-corrected chi connectivity index (χ3v) is 6.62. The number of halogens is 3. The minimum atomic E-state index is -4.04. The number of hydrogen-bond acceptors (Lipinski definition) is 7. The molecule has 0 bridgehead atoms. The predicted molar refractivity (Wildman–Crippen MR) is 103 cm³/mol. The van der Waals surface area contributed by atoms with Gasteiger partial charge in [0.15, 0.2) is 5.82 Å². The smallest absolute Gasteiger partial charge is 0.234 e. The topological polar surface area (TPSA) is 127 Å². The molecule has 29 heavy (non-hydrogen) atoms. The first kappa shape index (κ1) is 21.2. The van der Waals surface area contributed by atoms with E-state index in [1.165, 1.54) is 18.1 Å². The van der Waals surface area contributed by atoms with Crippen LogP contribution in [0.15, 0.2) is 23.4 Å². The van der Waals surface area contributed by atoms with Crippen LogP contribution in [0.3, 0.4) is 0 Å². The highest BCUT2D eigenvalue weighted by Gasteiger charge is 2.33. The van der Waals surface area contributed by atoms with Crippen molar-refractivity contribution in [3.8, 4) is 0 Å². The highest BCUT2D eigenvalue weighted by atomic mass is 32.2. The van der Waals surface area contributed by atoms with Gasteiger partial charge in [-0.15, -0.1) is 11.8 Å². The number of rotatable bonds is 7. The molecule has 1 atom stereocenters. The van der Waals surface area contributed by atoms with Crippen molar-refractivity contribution >= 4 is 44.9 Å². The van der Waals surface area contributed by atoms with E-state index < -0.39 is 57.3 Å². The Labute approximate surface area is 168 Å². The number of nitrogens with one attached hydrogen (secondary N) is 2. The Kier molecular flexibility index (Phi) is 6.17. The van der Waals surface area contributed by atoms with Crippen molar-refractivity contribution in [2.45, 2.75) is 17.2 Å². The lowest BCUT2D eigenvalue weighted by Crippen LogP contribution is -2.24. The molecule has 0 saturated heterocycles. The maximum Gasteiger partial charge on any atom is 0.234 e. The van der Waals surface area contributed by atoms with Crippen molar-refractivity contribution < 1.29 is 26.4 Å². The summed E-state index contributed by atoms with van der Waals surface area (Å²) in [5, 5.41) is 2.15. The Bertz CT molecular complexity index is 1050. The van der Waals surface area contributed by atoms with Gasteiger partial charge in [-0.1, -0.05) is 0 Å². The summed E-state index contributed by atoms with van der Waals surface area (Å²) in [6, 6.07) is 1.69. The SMILES string of the molecule is Nc1ncnc2c1SCC2C(=O)Nc1c(F)ccc(NS(=O)(=O)CCCF)c1F. The molecular weight excluding hydrogens is 431 g/mol. The number of amides is 1. The summed E-state index contributed by atoms with van der Waals surface area (Å²) in [5.74, 6) is -4.04. The molecule has 0 saturated carbocycles. The van der Waals surface area contributed by atoms with Crippen LogP contribution in [0.1, 0.15) is 18.0 Å². The van der Waals surface area contributed by atoms with Crippen molar-refractivity contribution in [1.82, 2.24) is 9.97 Å². The second-order valence-electron chi connectivity index (χ2n) is 6.07. The van der Waals surface area contributed by atoms with Crippen LogP contribution in [0.4, 0.5) is 30.4 Å². The van der Waals surface area contributed by atoms with Crippen LogP contribution in [0.25, 0.3) is 0 Å². The summed E-state index contributed by atoms with van der Waals surface area (Å²) in [4.78, 5) is 21.0. The number of benzene rings is 1. The van der Waals surface area contributed by atoms with Gasteiger partial charge in [-0.2, -0.15) is 0 Å². The predicted octanol–water partition coefficient (Wildman–Crippen LogP) is 2.27. The highest BCUT2D eigenvalue weighted by Crippen LogP contribution is 2.41. The highest BCUT2D eigenvalue weighted by molar-refractivity contribution is 7.99. The van der Waals surface area contributed by atoms with E-state index in [1.54, 1.807) is 0 Å². The van der Waals surface area contributed by atoms with Crippen LogP contribution >= 0.6 is 11.8 Å². The maximum absolute atomic E-state index is 14.7. The molecule has 0 aliphatic carbocycles. The molecule has 156 valence electrons. The fourth-order valence-electron chi connectivity index (χ4n) is 2.66. The molecule has 8 nitrogen and oxygen atoms in total. The number of nitrogens with zero attached hydrogens (tertiary/aromatic N) is 2. The Morgan fingerprint density at radius 3 is 2.79 bits per heavy atom. The fraction of sp³-hybridized carbons (Fsp3) is 0.312. The summed E-state index contributed by atoms with van der Waals surface area (Å²) >= 11 is 1.25. The first-order valence-electron chi connectivity index (χ1n) is 8.32. The van der Waals surface area contributed by atoms with Gasteiger partial charge in [0, 0.05) is 5.75 Å². The lowest BCUT2D eigenvalue weighted by atomic mass is 10.1. The molecule has 0 fully saturated rings. The van der Waals surface area contributed by atoms with E-state index in [-0.39, 0.29) is 18.0 Å². The molecule has 1 aromatic heterocycles. The van der Waals surface area contributed by atoms with Crippen LogP contribution in [-0.2, 0) is 14.8 Å². The number of thioether (sulfide) groups is 1. The molecule has 2 heterocycles. The number of nitrogen functional groups attached to an aromatic ring is 1. The van der Waals surface area contributed by atoms with E-state index >= 15 is 0 Å². The first-order valence-corrected chi connectivity index (χ1v) is 11.0. The van der Waals surface area contributed by atoms with E-state index in [2.05, 4.69) is 15.3 Å². The molecule has 1 amide bonds. The van der Waals surface area contributed by atoms with Gasteiger partial charge in [0.25, 0.3) is 0 Å². The molecule has 1 aromatic carbocycles. The average Bonchev–Trinajstić information content (AvgIpc) is 3.11. The number of carbonyl (C=O) groups excluding carboxylic acids is 1. The van der Waals surface area contributed by atoms with Crippen LogP contribution in [-0.4, -0.2) is 42.5 Å². The van der Waals surface area contributed by atoms with Gasteiger partial charge in [-0.05, 0) is 18.6 Å². The minimum Gasteiger partial charge on any atom is -0.383 e. The summed E-state index contributed by atoms with van der Waals surface area (Å²) < 4.78 is 66.7. The molecule has 0 radical (unpaired) electrons. The second kappa shape index (κ2) is 8.45. The zero-order valence-corrected chi connectivity index (χ0v) is 16.4. The van der Waals surface area contributed by atoms with Gasteiger partial charge in [0.05, 0.1) is 34.6 Å². The van der Waals surface area contributed by atoms with E-state index in [9.17, 15) is 26.4 Å². The van der Waals surface area contributed by atoms with E-state index in [1.807, 2.05) is 4.72 Å². The van der Waals surface area contributed by atoms with Crippen molar-refractivity contribution in [3.05, 3.63) is 35.8 Å². The standard InChI is InChI=1S/C16H16F3N5O3S2/c17-4-1-5-29(26,27)24-10-3-2-9(18)13(11(10)19)23-16(25)8-6-28-14-12(8)21-7-22-15(14)20/h2-3,7-8,24H,1,4-6H2,(H,23,25)(H2,20,21,22). The van der Waals surface area contributed by atoms with Gasteiger partial charge in [-0.25, -0.2) is 27.2 Å². The number of carbonyl (C=O) groups is 1. The number of aromatic nitrogens is 2. The third kappa shape index (κ3) is 4.56. The molecule has 3 rings (SSSR count). The lowest BCUT2D eigenvalue weighted by Gasteiger charge is -2.15. The second-order valence-corrected chi connectivity index (χ2v) is 8.95. The van der Waals surface area contributed by atoms with Crippen molar-refractivity contribution in [2.75, 3.05) is 34.0 Å². The fourth-order valence-corrected chi connectivity index (χ4v) is 4.93. The van der Waals surface area contributed by atoms with Gasteiger partial charge in [0.2, 0.25) is 15.9 Å². The summed E-state index contributed by atoms with van der Waals surface area (Å²) in [7, 11) is -4.04. The van der Waals surface area contributed by atoms with Crippen molar-refractivity contribution in [3.63, 3.8) is 0 Å². The Hall–Kier alpha value is -2.54. The van der Waals surface area contributed by atoms with E-state index in [4.69, 9.17) is 5.73 Å². The summed E-state index contributed by atoms with van der Waals surface area (Å²) in [6.07, 6.45) is 0.916. The van der Waals surface area contributed by atoms with Crippen LogP contribution < -0.4 is 15.8 Å². The van der Waals surface area contributed by atoms with Gasteiger partial charge >= 0.3 is 0 Å². The van der Waals surface area contributed by atoms with E-state index in [0.717, 1.165) is 12.1 Å². The Morgan fingerprint density at radius 2 is 2.07 bits per heavy atom. The monoisotopic (exact) mass is 447 g/mol.